The zero-order chi connectivity index (χ0) is 10.6. The van der Waals surface area contributed by atoms with E-state index in [1.807, 2.05) is 0 Å². The van der Waals surface area contributed by atoms with Gasteiger partial charge in [0.05, 0.1) is 0 Å². The summed E-state index contributed by atoms with van der Waals surface area (Å²) in [6.45, 7) is 5.76. The fourth-order valence-electron chi connectivity index (χ4n) is 2.05. The molecule has 1 heterocycles. The van der Waals surface area contributed by atoms with Gasteiger partial charge in [0.2, 0.25) is 0 Å². The van der Waals surface area contributed by atoms with E-state index in [4.69, 9.17) is 5.73 Å². The maximum absolute atomic E-state index is 5.75. The maximum atomic E-state index is 5.75. The summed E-state index contributed by atoms with van der Waals surface area (Å²) >= 11 is 0. The molecule has 0 saturated carbocycles. The van der Waals surface area contributed by atoms with E-state index in [-0.39, 0.29) is 0 Å². The molecule has 0 aromatic rings. The molecule has 1 fully saturated rings. The van der Waals surface area contributed by atoms with Crippen LogP contribution in [0.15, 0.2) is 0 Å². The van der Waals surface area contributed by atoms with Crippen molar-refractivity contribution in [2.24, 2.45) is 5.73 Å². The molecular weight excluding hydrogens is 174 g/mol. The summed E-state index contributed by atoms with van der Waals surface area (Å²) in [6.07, 6.45) is 3.75. The topological polar surface area (TPSA) is 32.5 Å². The van der Waals surface area contributed by atoms with Crippen LogP contribution < -0.4 is 5.73 Å². The Labute approximate surface area is 88.2 Å². The van der Waals surface area contributed by atoms with Crippen LogP contribution in [0.5, 0.6) is 0 Å². The van der Waals surface area contributed by atoms with Gasteiger partial charge < -0.3 is 15.5 Å². The molecule has 3 nitrogen and oxygen atoms in total. The second-order valence-electron chi connectivity index (χ2n) is 4.80. The van der Waals surface area contributed by atoms with Gasteiger partial charge in [-0.2, -0.15) is 0 Å². The van der Waals surface area contributed by atoms with Crippen LogP contribution >= 0.6 is 0 Å². The summed E-state index contributed by atoms with van der Waals surface area (Å²) in [5.74, 6) is 0. The standard InChI is InChI=1S/C11H25N3/c1-10(12)4-7-14-8-5-11(6-9-14)13(2)3/h10-11H,4-9,12H2,1-3H3. The molecule has 0 aromatic heterocycles. The molecule has 0 aliphatic carbocycles. The second-order valence-corrected chi connectivity index (χ2v) is 4.80. The molecule has 1 saturated heterocycles. The van der Waals surface area contributed by atoms with Gasteiger partial charge >= 0.3 is 0 Å². The van der Waals surface area contributed by atoms with E-state index in [0.29, 0.717) is 6.04 Å². The third-order valence-electron chi connectivity index (χ3n) is 3.19. The molecule has 0 bridgehead atoms. The number of hydrogen-bond acceptors (Lipinski definition) is 3. The Hall–Kier alpha value is -0.120. The van der Waals surface area contributed by atoms with E-state index in [9.17, 15) is 0 Å². The van der Waals surface area contributed by atoms with Gasteiger partial charge in [0, 0.05) is 12.1 Å². The van der Waals surface area contributed by atoms with Gasteiger partial charge in [0.25, 0.3) is 0 Å². The van der Waals surface area contributed by atoms with Gasteiger partial charge in [-0.05, 0) is 59.9 Å². The van der Waals surface area contributed by atoms with Crippen LogP contribution in [0.3, 0.4) is 0 Å². The highest BCUT2D eigenvalue weighted by molar-refractivity contribution is 4.77. The number of nitrogens with two attached hydrogens (primary N) is 1. The molecule has 1 aliphatic rings. The molecule has 0 aromatic carbocycles. The summed E-state index contributed by atoms with van der Waals surface area (Å²) in [7, 11) is 4.37. The number of piperidine rings is 1. The normalized spacial score (nSPS) is 22.9. The minimum Gasteiger partial charge on any atom is -0.328 e. The highest BCUT2D eigenvalue weighted by Crippen LogP contribution is 2.14. The average Bonchev–Trinajstić information content (AvgIpc) is 2.15. The average molecular weight is 199 g/mol. The van der Waals surface area contributed by atoms with Gasteiger partial charge in [-0.3, -0.25) is 0 Å². The van der Waals surface area contributed by atoms with E-state index < -0.39 is 0 Å². The van der Waals surface area contributed by atoms with Crippen molar-refractivity contribution < 1.29 is 0 Å². The van der Waals surface area contributed by atoms with Crippen LogP contribution in [0.1, 0.15) is 26.2 Å². The molecule has 1 aliphatic heterocycles. The summed E-state index contributed by atoms with van der Waals surface area (Å²) in [4.78, 5) is 4.90. The third-order valence-corrected chi connectivity index (χ3v) is 3.19. The van der Waals surface area contributed by atoms with Crippen molar-refractivity contribution in [2.75, 3.05) is 33.7 Å². The summed E-state index contributed by atoms with van der Waals surface area (Å²) < 4.78 is 0. The SMILES string of the molecule is CC(N)CCN1CCC(N(C)C)CC1. The molecular formula is C11H25N3. The molecule has 1 rings (SSSR count). The monoisotopic (exact) mass is 199 g/mol. The zero-order valence-electron chi connectivity index (χ0n) is 9.87. The Morgan fingerprint density at radius 3 is 2.36 bits per heavy atom. The van der Waals surface area contributed by atoms with E-state index in [1.165, 1.54) is 32.5 Å². The predicted molar refractivity (Wildman–Crippen MR) is 61.4 cm³/mol. The van der Waals surface area contributed by atoms with Crippen LogP contribution in [0, 0.1) is 0 Å². The Balaban J connectivity index is 2.16. The molecule has 3 heteroatoms. The molecule has 1 atom stereocenters. The van der Waals surface area contributed by atoms with Crippen LogP contribution in [0.2, 0.25) is 0 Å². The highest BCUT2D eigenvalue weighted by Gasteiger charge is 2.19. The van der Waals surface area contributed by atoms with E-state index in [1.54, 1.807) is 0 Å². The fraction of sp³-hybridized carbons (Fsp3) is 1.00. The van der Waals surface area contributed by atoms with Crippen LogP contribution in [-0.4, -0.2) is 55.6 Å². The smallest absolute Gasteiger partial charge is 0.0113 e. The first-order chi connectivity index (χ1) is 6.59. The summed E-state index contributed by atoms with van der Waals surface area (Å²) in [5.41, 5.74) is 5.75. The lowest BCUT2D eigenvalue weighted by atomic mass is 10.0. The van der Waals surface area contributed by atoms with Gasteiger partial charge in [-0.25, -0.2) is 0 Å². The van der Waals surface area contributed by atoms with Crippen molar-refractivity contribution >= 4 is 0 Å². The molecule has 84 valence electrons. The van der Waals surface area contributed by atoms with Crippen molar-refractivity contribution in [2.45, 2.75) is 38.3 Å². The molecule has 14 heavy (non-hydrogen) atoms. The Kier molecular flexibility index (Phi) is 4.85. The first-order valence-electron chi connectivity index (χ1n) is 5.74. The molecule has 0 radical (unpaired) electrons. The van der Waals surface area contributed by atoms with Gasteiger partial charge in [-0.15, -0.1) is 0 Å². The summed E-state index contributed by atoms with van der Waals surface area (Å²) in [5, 5.41) is 0. The fourth-order valence-corrected chi connectivity index (χ4v) is 2.05. The van der Waals surface area contributed by atoms with Crippen LogP contribution in [0.4, 0.5) is 0 Å². The molecule has 0 spiro atoms. The first-order valence-corrected chi connectivity index (χ1v) is 5.74. The molecule has 2 N–H and O–H groups in total. The van der Waals surface area contributed by atoms with Gasteiger partial charge in [0.15, 0.2) is 0 Å². The number of hydrogen-bond donors (Lipinski definition) is 1. The molecule has 0 amide bonds. The zero-order valence-corrected chi connectivity index (χ0v) is 9.87. The van der Waals surface area contributed by atoms with Crippen LogP contribution in [-0.2, 0) is 0 Å². The lowest BCUT2D eigenvalue weighted by Gasteiger charge is -2.35. The minimum absolute atomic E-state index is 0.349. The highest BCUT2D eigenvalue weighted by atomic mass is 15.2. The first kappa shape index (κ1) is 12.0. The lowest BCUT2D eigenvalue weighted by molar-refractivity contribution is 0.142. The maximum Gasteiger partial charge on any atom is 0.0113 e. The van der Waals surface area contributed by atoms with Crippen molar-refractivity contribution in [1.29, 1.82) is 0 Å². The minimum atomic E-state index is 0.349. The van der Waals surface area contributed by atoms with E-state index in [2.05, 4.69) is 30.8 Å². The van der Waals surface area contributed by atoms with E-state index in [0.717, 1.165) is 12.5 Å². The van der Waals surface area contributed by atoms with Crippen molar-refractivity contribution in [3.05, 3.63) is 0 Å². The van der Waals surface area contributed by atoms with Crippen LogP contribution in [0.25, 0.3) is 0 Å². The Morgan fingerprint density at radius 2 is 1.93 bits per heavy atom. The Bertz CT molecular complexity index is 149. The predicted octanol–water partition coefficient (Wildman–Crippen LogP) is 0.750. The van der Waals surface area contributed by atoms with Crippen molar-refractivity contribution in [3.63, 3.8) is 0 Å². The van der Waals surface area contributed by atoms with E-state index >= 15 is 0 Å². The lowest BCUT2D eigenvalue weighted by Crippen LogP contribution is -2.42. The quantitative estimate of drug-likeness (QED) is 0.725. The van der Waals surface area contributed by atoms with Gasteiger partial charge in [0.1, 0.15) is 0 Å². The van der Waals surface area contributed by atoms with Gasteiger partial charge in [-0.1, -0.05) is 0 Å². The summed E-state index contributed by atoms with van der Waals surface area (Å²) in [6, 6.07) is 1.14. The number of rotatable bonds is 4. The number of likely N-dealkylation sites (tertiary alicyclic amines) is 1. The Morgan fingerprint density at radius 1 is 1.36 bits per heavy atom. The van der Waals surface area contributed by atoms with Crippen molar-refractivity contribution in [3.8, 4) is 0 Å². The molecule has 1 unspecified atom stereocenters. The third kappa shape index (κ3) is 3.95. The second kappa shape index (κ2) is 5.69. The number of nitrogens with zero attached hydrogens (tertiary/aromatic N) is 2. The van der Waals surface area contributed by atoms with Crippen molar-refractivity contribution in [1.82, 2.24) is 9.80 Å². The largest absolute Gasteiger partial charge is 0.328 e.